The van der Waals surface area contributed by atoms with E-state index >= 15 is 0 Å². The minimum absolute atomic E-state index is 0.0317. The Balaban J connectivity index is 1.63. The van der Waals surface area contributed by atoms with Gasteiger partial charge in [0.15, 0.2) is 0 Å². The lowest BCUT2D eigenvalue weighted by Gasteiger charge is -2.26. The minimum atomic E-state index is -4.10. The lowest BCUT2D eigenvalue weighted by molar-refractivity contribution is -0.116. The van der Waals surface area contributed by atoms with Gasteiger partial charge < -0.3 is 9.15 Å². The number of carbonyl (C=O) groups is 1. The molecule has 2 aliphatic heterocycles. The van der Waals surface area contributed by atoms with Crippen LogP contribution in [0.4, 0.5) is 5.69 Å². The normalized spacial score (nSPS) is 20.0. The van der Waals surface area contributed by atoms with E-state index in [0.717, 1.165) is 32.0 Å². The van der Waals surface area contributed by atoms with Crippen molar-refractivity contribution in [3.05, 3.63) is 42.4 Å². The molecular weight excluding hydrogens is 458 g/mol. The second-order valence-electron chi connectivity index (χ2n) is 7.69. The number of rotatable bonds is 8. The number of likely N-dealkylation sites (tertiary alicyclic amines) is 1. The van der Waals surface area contributed by atoms with Gasteiger partial charge in [0.2, 0.25) is 26.0 Å². The SMILES string of the molecule is COc1ccc(N2C(=O)CCS2(=O)=O)cc1S(=O)(=O)NC[C@H](c1ccco1)N1CCCC1. The van der Waals surface area contributed by atoms with Crippen LogP contribution in [0.5, 0.6) is 5.75 Å². The Morgan fingerprint density at radius 3 is 2.56 bits per heavy atom. The molecule has 174 valence electrons. The van der Waals surface area contributed by atoms with E-state index in [1.807, 2.05) is 6.07 Å². The quantitative estimate of drug-likeness (QED) is 0.598. The number of furan rings is 1. The largest absolute Gasteiger partial charge is 0.495 e. The fraction of sp³-hybridized carbons (Fsp3) is 0.450. The molecule has 2 aromatic rings. The zero-order valence-corrected chi connectivity index (χ0v) is 19.2. The Kier molecular flexibility index (Phi) is 6.30. The highest BCUT2D eigenvalue weighted by Crippen LogP contribution is 2.33. The molecule has 0 bridgehead atoms. The number of nitrogens with zero attached hydrogens (tertiary/aromatic N) is 2. The number of anilines is 1. The third-order valence-corrected chi connectivity index (χ3v) is 8.81. The molecule has 1 atom stereocenters. The maximum Gasteiger partial charge on any atom is 0.244 e. The van der Waals surface area contributed by atoms with Crippen molar-refractivity contribution in [2.75, 3.05) is 36.8 Å². The van der Waals surface area contributed by atoms with Gasteiger partial charge in [-0.1, -0.05) is 0 Å². The van der Waals surface area contributed by atoms with Crippen LogP contribution in [-0.4, -0.2) is 60.1 Å². The van der Waals surface area contributed by atoms with E-state index in [2.05, 4.69) is 9.62 Å². The van der Waals surface area contributed by atoms with E-state index < -0.39 is 26.0 Å². The van der Waals surface area contributed by atoms with Crippen LogP contribution >= 0.6 is 0 Å². The Bertz CT molecular complexity index is 1190. The van der Waals surface area contributed by atoms with Crippen molar-refractivity contribution in [1.29, 1.82) is 0 Å². The number of nitrogens with one attached hydrogen (secondary N) is 1. The van der Waals surface area contributed by atoms with E-state index in [4.69, 9.17) is 9.15 Å². The molecule has 3 heterocycles. The van der Waals surface area contributed by atoms with Crippen LogP contribution in [0.2, 0.25) is 0 Å². The summed E-state index contributed by atoms with van der Waals surface area (Å²) < 4.78 is 65.0. The van der Waals surface area contributed by atoms with Gasteiger partial charge in [-0.15, -0.1) is 0 Å². The first-order valence-electron chi connectivity index (χ1n) is 10.2. The monoisotopic (exact) mass is 483 g/mol. The summed E-state index contributed by atoms with van der Waals surface area (Å²) in [5.41, 5.74) is -0.0317. The number of benzene rings is 1. The molecular formula is C20H25N3O7S2. The third-order valence-electron chi connectivity index (χ3n) is 5.67. The van der Waals surface area contributed by atoms with Gasteiger partial charge in [-0.25, -0.2) is 25.9 Å². The van der Waals surface area contributed by atoms with Crippen LogP contribution in [-0.2, 0) is 24.8 Å². The molecule has 1 N–H and O–H groups in total. The van der Waals surface area contributed by atoms with Crippen molar-refractivity contribution in [2.45, 2.75) is 30.2 Å². The van der Waals surface area contributed by atoms with E-state index in [1.54, 1.807) is 12.3 Å². The first kappa shape index (κ1) is 22.8. The highest BCUT2D eigenvalue weighted by Gasteiger charge is 2.37. The van der Waals surface area contributed by atoms with Gasteiger partial charge in [0.05, 0.1) is 30.9 Å². The third kappa shape index (κ3) is 4.40. The number of carbonyl (C=O) groups excluding carboxylic acids is 1. The van der Waals surface area contributed by atoms with Crippen LogP contribution in [0, 0.1) is 0 Å². The predicted molar refractivity (Wildman–Crippen MR) is 116 cm³/mol. The van der Waals surface area contributed by atoms with Crippen molar-refractivity contribution in [3.63, 3.8) is 0 Å². The molecule has 2 fully saturated rings. The summed E-state index contributed by atoms with van der Waals surface area (Å²) in [6, 6.07) is 7.14. The summed E-state index contributed by atoms with van der Waals surface area (Å²) in [5, 5.41) is 0. The molecule has 0 aliphatic carbocycles. The van der Waals surface area contributed by atoms with Crippen molar-refractivity contribution >= 4 is 31.6 Å². The fourth-order valence-electron chi connectivity index (χ4n) is 4.08. The van der Waals surface area contributed by atoms with Crippen LogP contribution in [0.1, 0.15) is 31.1 Å². The van der Waals surface area contributed by atoms with Crippen LogP contribution in [0.3, 0.4) is 0 Å². The smallest absolute Gasteiger partial charge is 0.244 e. The second-order valence-corrected chi connectivity index (χ2v) is 11.4. The zero-order valence-electron chi connectivity index (χ0n) is 17.6. The standard InChI is InChI=1S/C20H25N3O7S2/c1-29-18-7-6-15(23-20(24)8-12-31(23,25)26)13-19(18)32(27,28)21-14-16(17-5-4-11-30-17)22-9-2-3-10-22/h4-7,11,13,16,21H,2-3,8-10,12,14H2,1H3/t16-/m1/s1. The molecule has 1 amide bonds. The van der Waals surface area contributed by atoms with Crippen LogP contribution in [0.15, 0.2) is 45.9 Å². The molecule has 0 radical (unpaired) electrons. The number of amides is 1. The molecule has 1 aromatic heterocycles. The van der Waals surface area contributed by atoms with E-state index in [0.29, 0.717) is 10.1 Å². The van der Waals surface area contributed by atoms with Gasteiger partial charge in [-0.3, -0.25) is 9.69 Å². The van der Waals surface area contributed by atoms with Gasteiger partial charge in [-0.2, -0.15) is 0 Å². The zero-order chi connectivity index (χ0) is 22.9. The van der Waals surface area contributed by atoms with Gasteiger partial charge in [-0.05, 0) is 56.3 Å². The number of sulfonamides is 2. The first-order chi connectivity index (χ1) is 15.2. The average molecular weight is 484 g/mol. The number of methoxy groups -OCH3 is 1. The highest BCUT2D eigenvalue weighted by atomic mass is 32.2. The molecule has 1 aromatic carbocycles. The molecule has 12 heteroatoms. The van der Waals surface area contributed by atoms with E-state index in [9.17, 15) is 21.6 Å². The van der Waals surface area contributed by atoms with Crippen molar-refractivity contribution in [1.82, 2.24) is 9.62 Å². The molecule has 0 unspecified atom stereocenters. The minimum Gasteiger partial charge on any atom is -0.495 e. The molecule has 0 spiro atoms. The Labute approximate surface area is 187 Å². The fourth-order valence-corrected chi connectivity index (χ4v) is 6.76. The molecule has 10 nitrogen and oxygen atoms in total. The van der Waals surface area contributed by atoms with Gasteiger partial charge in [0.1, 0.15) is 16.4 Å². The average Bonchev–Trinajstić information content (AvgIpc) is 3.51. The summed E-state index contributed by atoms with van der Waals surface area (Å²) in [6.45, 7) is 1.73. The molecule has 2 aliphatic rings. The van der Waals surface area contributed by atoms with Crippen LogP contribution < -0.4 is 13.8 Å². The predicted octanol–water partition coefficient (Wildman–Crippen LogP) is 1.47. The van der Waals surface area contributed by atoms with Gasteiger partial charge in [0.25, 0.3) is 0 Å². The Morgan fingerprint density at radius 2 is 1.97 bits per heavy atom. The highest BCUT2D eigenvalue weighted by molar-refractivity contribution is 7.94. The van der Waals surface area contributed by atoms with Gasteiger partial charge in [0, 0.05) is 13.0 Å². The molecule has 32 heavy (non-hydrogen) atoms. The summed E-state index contributed by atoms with van der Waals surface area (Å²) in [6.07, 6.45) is 3.46. The first-order valence-corrected chi connectivity index (χ1v) is 13.3. The summed E-state index contributed by atoms with van der Waals surface area (Å²) in [7, 11) is -6.61. The lowest BCUT2D eigenvalue weighted by atomic mass is 10.2. The van der Waals surface area contributed by atoms with Crippen molar-refractivity contribution in [3.8, 4) is 5.75 Å². The second kappa shape index (κ2) is 8.85. The molecule has 4 rings (SSSR count). The Hall–Kier alpha value is -2.41. The summed E-state index contributed by atoms with van der Waals surface area (Å²) >= 11 is 0. The summed E-state index contributed by atoms with van der Waals surface area (Å²) in [5.74, 6) is -0.206. The maximum atomic E-state index is 13.2. The Morgan fingerprint density at radius 1 is 1.22 bits per heavy atom. The summed E-state index contributed by atoms with van der Waals surface area (Å²) in [4.78, 5) is 14.0. The van der Waals surface area contributed by atoms with Crippen molar-refractivity contribution < 1.29 is 30.8 Å². The van der Waals surface area contributed by atoms with Crippen LogP contribution in [0.25, 0.3) is 0 Å². The molecule has 2 saturated heterocycles. The maximum absolute atomic E-state index is 13.2. The molecule has 0 saturated carbocycles. The van der Waals surface area contributed by atoms with E-state index in [1.165, 1.54) is 19.2 Å². The van der Waals surface area contributed by atoms with E-state index in [-0.39, 0.29) is 41.1 Å². The topological polar surface area (TPSA) is 126 Å². The van der Waals surface area contributed by atoms with Crippen molar-refractivity contribution in [2.24, 2.45) is 0 Å². The lowest BCUT2D eigenvalue weighted by Crippen LogP contribution is -2.37. The number of hydrogen-bond acceptors (Lipinski definition) is 8. The number of hydrogen-bond donors (Lipinski definition) is 1. The van der Waals surface area contributed by atoms with Gasteiger partial charge >= 0.3 is 0 Å². The number of ether oxygens (including phenoxy) is 1.